The summed E-state index contributed by atoms with van der Waals surface area (Å²) in [5, 5.41) is 24.2. The van der Waals surface area contributed by atoms with Crippen molar-refractivity contribution in [1.29, 1.82) is 5.26 Å². The molecule has 0 bridgehead atoms. The lowest BCUT2D eigenvalue weighted by atomic mass is 9.90. The molecule has 0 spiro atoms. The first-order valence-electron chi connectivity index (χ1n) is 9.66. The van der Waals surface area contributed by atoms with Crippen LogP contribution < -0.4 is 15.4 Å². The minimum absolute atomic E-state index is 0.00765. The van der Waals surface area contributed by atoms with Crippen molar-refractivity contribution in [2.45, 2.75) is 30.6 Å². The molecule has 0 unspecified atom stereocenters. The maximum atomic E-state index is 12.2. The first-order chi connectivity index (χ1) is 14.9. The van der Waals surface area contributed by atoms with Crippen molar-refractivity contribution in [3.8, 4) is 17.6 Å². The molecule has 9 heteroatoms. The Labute approximate surface area is 189 Å². The van der Waals surface area contributed by atoms with Crippen LogP contribution in [-0.4, -0.2) is 27.4 Å². The smallest absolute Gasteiger partial charge is 0.231 e. The van der Waals surface area contributed by atoms with Gasteiger partial charge < -0.3 is 15.4 Å². The summed E-state index contributed by atoms with van der Waals surface area (Å²) < 4.78 is 6.46. The van der Waals surface area contributed by atoms with Crippen molar-refractivity contribution in [3.63, 3.8) is 0 Å². The Morgan fingerprint density at radius 3 is 2.48 bits per heavy atom. The maximum absolute atomic E-state index is 12.2. The second-order valence-corrected chi connectivity index (χ2v) is 9.44. The van der Waals surface area contributed by atoms with Crippen LogP contribution in [0.3, 0.4) is 0 Å². The number of carbonyl (C=O) groups is 1. The fourth-order valence-electron chi connectivity index (χ4n) is 2.43. The third kappa shape index (κ3) is 6.44. The molecule has 0 aliphatic rings. The van der Waals surface area contributed by atoms with Gasteiger partial charge in [0, 0.05) is 5.69 Å². The Morgan fingerprint density at radius 2 is 1.84 bits per heavy atom. The number of rotatable bonds is 9. The van der Waals surface area contributed by atoms with Gasteiger partial charge in [-0.25, -0.2) is 0 Å². The van der Waals surface area contributed by atoms with E-state index >= 15 is 0 Å². The van der Waals surface area contributed by atoms with E-state index in [1.54, 1.807) is 6.92 Å². The van der Waals surface area contributed by atoms with Gasteiger partial charge in [-0.05, 0) is 49.2 Å². The van der Waals surface area contributed by atoms with Crippen LogP contribution in [0, 0.1) is 17.2 Å². The second kappa shape index (κ2) is 10.3. The molecule has 1 heterocycles. The second-order valence-electron chi connectivity index (χ2n) is 7.24. The predicted molar refractivity (Wildman–Crippen MR) is 124 cm³/mol. The predicted octanol–water partition coefficient (Wildman–Crippen LogP) is 5.22. The Kier molecular flexibility index (Phi) is 7.50. The molecule has 0 aliphatic heterocycles. The van der Waals surface area contributed by atoms with Crippen LogP contribution in [0.4, 0.5) is 10.8 Å². The standard InChI is InChI=1S/C22H23N5O2S2/c1-15(2)22(3,14-23)25-19(28)13-30-21-27-26-20(31-21)24-16-9-11-18(12-10-16)29-17-7-5-4-6-8-17/h4-12,15H,13H2,1-3H3,(H,24,26)(H,25,28)/t22-/m0/s1. The average molecular weight is 454 g/mol. The van der Waals surface area contributed by atoms with E-state index < -0.39 is 5.54 Å². The molecule has 2 N–H and O–H groups in total. The number of benzene rings is 2. The first-order valence-corrected chi connectivity index (χ1v) is 11.5. The Balaban J connectivity index is 1.51. The lowest BCUT2D eigenvalue weighted by Gasteiger charge is -2.27. The molecule has 0 saturated heterocycles. The lowest BCUT2D eigenvalue weighted by Crippen LogP contribution is -2.49. The molecule has 3 rings (SSSR count). The van der Waals surface area contributed by atoms with Crippen LogP contribution in [0.2, 0.25) is 0 Å². The number of para-hydroxylation sites is 1. The molecular formula is C22H23N5O2S2. The number of aromatic nitrogens is 2. The number of nitrogens with zero attached hydrogens (tertiary/aromatic N) is 3. The molecule has 0 aliphatic carbocycles. The summed E-state index contributed by atoms with van der Waals surface area (Å²) in [6.45, 7) is 5.53. The molecule has 0 saturated carbocycles. The number of carbonyl (C=O) groups excluding carboxylic acids is 1. The van der Waals surface area contributed by atoms with Crippen molar-refractivity contribution < 1.29 is 9.53 Å². The third-order valence-corrected chi connectivity index (χ3v) is 6.58. The summed E-state index contributed by atoms with van der Waals surface area (Å²) in [6, 6.07) is 19.3. The minimum atomic E-state index is -0.887. The number of hydrogen-bond acceptors (Lipinski definition) is 8. The van der Waals surface area contributed by atoms with Gasteiger partial charge in [0.1, 0.15) is 17.0 Å². The van der Waals surface area contributed by atoms with Gasteiger partial charge in [0.2, 0.25) is 11.0 Å². The van der Waals surface area contributed by atoms with Gasteiger partial charge in [-0.1, -0.05) is 55.1 Å². The largest absolute Gasteiger partial charge is 0.457 e. The summed E-state index contributed by atoms with van der Waals surface area (Å²) in [6.07, 6.45) is 0. The SMILES string of the molecule is CC(C)[C@](C)(C#N)NC(=O)CSc1nnc(Nc2ccc(Oc3ccccc3)cc2)s1. The van der Waals surface area contributed by atoms with Gasteiger partial charge in [0.05, 0.1) is 11.8 Å². The van der Waals surface area contributed by atoms with E-state index in [1.807, 2.05) is 68.4 Å². The van der Waals surface area contributed by atoms with Gasteiger partial charge >= 0.3 is 0 Å². The molecule has 160 valence electrons. The Morgan fingerprint density at radius 1 is 1.16 bits per heavy atom. The van der Waals surface area contributed by atoms with Crippen LogP contribution in [0.25, 0.3) is 0 Å². The molecule has 0 radical (unpaired) electrons. The van der Waals surface area contributed by atoms with E-state index in [9.17, 15) is 10.1 Å². The summed E-state index contributed by atoms with van der Waals surface area (Å²) in [4.78, 5) is 12.2. The highest BCUT2D eigenvalue weighted by Crippen LogP contribution is 2.29. The zero-order chi connectivity index (χ0) is 22.3. The van der Waals surface area contributed by atoms with Gasteiger partial charge in [0.15, 0.2) is 4.34 Å². The number of amides is 1. The van der Waals surface area contributed by atoms with Crippen molar-refractivity contribution in [2.24, 2.45) is 5.92 Å². The molecular weight excluding hydrogens is 430 g/mol. The molecule has 7 nitrogen and oxygen atoms in total. The first kappa shape index (κ1) is 22.6. The van der Waals surface area contributed by atoms with E-state index in [4.69, 9.17) is 4.74 Å². The number of thioether (sulfide) groups is 1. The normalized spacial score (nSPS) is 12.6. The van der Waals surface area contributed by atoms with E-state index in [1.165, 1.54) is 23.1 Å². The highest BCUT2D eigenvalue weighted by molar-refractivity contribution is 8.01. The third-order valence-electron chi connectivity index (χ3n) is 4.60. The molecule has 1 atom stereocenters. The van der Waals surface area contributed by atoms with Crippen molar-refractivity contribution in [2.75, 3.05) is 11.1 Å². The van der Waals surface area contributed by atoms with Crippen molar-refractivity contribution in [1.82, 2.24) is 15.5 Å². The average Bonchev–Trinajstić information content (AvgIpc) is 3.21. The van der Waals surface area contributed by atoms with Crippen LogP contribution in [0.15, 0.2) is 58.9 Å². The number of anilines is 2. The zero-order valence-electron chi connectivity index (χ0n) is 17.5. The highest BCUT2D eigenvalue weighted by atomic mass is 32.2. The molecule has 2 aromatic carbocycles. The topological polar surface area (TPSA) is 99.9 Å². The van der Waals surface area contributed by atoms with Gasteiger partial charge in [0.25, 0.3) is 0 Å². The van der Waals surface area contributed by atoms with Crippen LogP contribution in [-0.2, 0) is 4.79 Å². The van der Waals surface area contributed by atoms with E-state index in [-0.39, 0.29) is 17.6 Å². The zero-order valence-corrected chi connectivity index (χ0v) is 19.1. The maximum Gasteiger partial charge on any atom is 0.231 e. The summed E-state index contributed by atoms with van der Waals surface area (Å²) in [7, 11) is 0. The molecule has 0 fully saturated rings. The van der Waals surface area contributed by atoms with E-state index in [0.29, 0.717) is 9.47 Å². The molecule has 1 amide bonds. The molecule has 31 heavy (non-hydrogen) atoms. The van der Waals surface area contributed by atoms with Crippen LogP contribution in [0.5, 0.6) is 11.5 Å². The Hall–Kier alpha value is -3.09. The van der Waals surface area contributed by atoms with Crippen molar-refractivity contribution >= 4 is 39.8 Å². The number of nitriles is 1. The number of nitrogens with one attached hydrogen (secondary N) is 2. The van der Waals surface area contributed by atoms with Crippen LogP contribution in [0.1, 0.15) is 20.8 Å². The van der Waals surface area contributed by atoms with Gasteiger partial charge in [-0.15, -0.1) is 10.2 Å². The minimum Gasteiger partial charge on any atom is -0.457 e. The fourth-order valence-corrected chi connectivity index (χ4v) is 4.00. The fraction of sp³-hybridized carbons (Fsp3) is 0.273. The van der Waals surface area contributed by atoms with Crippen LogP contribution >= 0.6 is 23.1 Å². The van der Waals surface area contributed by atoms with E-state index in [0.717, 1.165) is 17.2 Å². The van der Waals surface area contributed by atoms with Gasteiger partial charge in [-0.2, -0.15) is 5.26 Å². The summed E-state index contributed by atoms with van der Waals surface area (Å²) in [5.74, 6) is 1.49. The number of ether oxygens (including phenoxy) is 1. The molecule has 1 aromatic heterocycles. The van der Waals surface area contributed by atoms with Crippen molar-refractivity contribution in [3.05, 3.63) is 54.6 Å². The summed E-state index contributed by atoms with van der Waals surface area (Å²) >= 11 is 2.65. The molecule has 3 aromatic rings. The number of hydrogen-bond donors (Lipinski definition) is 2. The lowest BCUT2D eigenvalue weighted by molar-refractivity contribution is -0.120. The summed E-state index contributed by atoms with van der Waals surface area (Å²) in [5.41, 5.74) is -0.0328. The Bertz CT molecular complexity index is 1050. The van der Waals surface area contributed by atoms with E-state index in [2.05, 4.69) is 26.9 Å². The quantitative estimate of drug-likeness (QED) is 0.428. The van der Waals surface area contributed by atoms with Gasteiger partial charge in [-0.3, -0.25) is 4.79 Å². The monoisotopic (exact) mass is 453 g/mol. The highest BCUT2D eigenvalue weighted by Gasteiger charge is 2.29.